The SMILES string of the molecule is CC(=O)OC/C=C(\C)CCCl. The predicted molar refractivity (Wildman–Crippen MR) is 45.7 cm³/mol. The molecule has 0 aliphatic rings. The highest BCUT2D eigenvalue weighted by Crippen LogP contribution is 2.00. The van der Waals surface area contributed by atoms with Gasteiger partial charge in [-0.1, -0.05) is 5.57 Å². The number of carbonyl (C=O) groups excluding carboxylic acids is 1. The molecule has 0 aliphatic heterocycles. The van der Waals surface area contributed by atoms with Gasteiger partial charge in [-0.3, -0.25) is 4.79 Å². The summed E-state index contributed by atoms with van der Waals surface area (Å²) in [5.41, 5.74) is 1.15. The Morgan fingerprint density at radius 2 is 2.18 bits per heavy atom. The smallest absolute Gasteiger partial charge is 0.302 e. The lowest BCUT2D eigenvalue weighted by Crippen LogP contribution is -1.98. The first-order chi connectivity index (χ1) is 5.16. The van der Waals surface area contributed by atoms with Crippen molar-refractivity contribution in [2.45, 2.75) is 20.3 Å². The van der Waals surface area contributed by atoms with E-state index in [0.29, 0.717) is 12.5 Å². The molecule has 0 aromatic carbocycles. The number of ether oxygens (including phenoxy) is 1. The zero-order valence-corrected chi connectivity index (χ0v) is 7.65. The molecular weight excluding hydrogens is 164 g/mol. The van der Waals surface area contributed by atoms with Crippen LogP contribution in [-0.2, 0) is 9.53 Å². The fourth-order valence-electron chi connectivity index (χ4n) is 0.552. The second-order valence-electron chi connectivity index (χ2n) is 2.29. The maximum atomic E-state index is 10.3. The second-order valence-corrected chi connectivity index (χ2v) is 2.67. The van der Waals surface area contributed by atoms with E-state index >= 15 is 0 Å². The molecule has 0 bridgehead atoms. The lowest BCUT2D eigenvalue weighted by Gasteiger charge is -1.98. The van der Waals surface area contributed by atoms with E-state index in [-0.39, 0.29) is 5.97 Å². The van der Waals surface area contributed by atoms with Crippen LogP contribution in [0.25, 0.3) is 0 Å². The first-order valence-electron chi connectivity index (χ1n) is 3.51. The third kappa shape index (κ3) is 7.40. The molecular formula is C8H13ClO2. The molecule has 0 unspecified atom stereocenters. The van der Waals surface area contributed by atoms with Crippen LogP contribution < -0.4 is 0 Å². The molecule has 0 heterocycles. The molecule has 0 amide bonds. The number of allylic oxidation sites excluding steroid dienone is 1. The third-order valence-electron chi connectivity index (χ3n) is 1.21. The fraction of sp³-hybridized carbons (Fsp3) is 0.625. The van der Waals surface area contributed by atoms with Crippen LogP contribution in [0.15, 0.2) is 11.6 Å². The molecule has 0 fully saturated rings. The molecule has 0 saturated carbocycles. The van der Waals surface area contributed by atoms with Gasteiger partial charge >= 0.3 is 5.97 Å². The molecule has 0 spiro atoms. The molecule has 2 nitrogen and oxygen atoms in total. The van der Waals surface area contributed by atoms with Crippen molar-refractivity contribution in [3.05, 3.63) is 11.6 Å². The van der Waals surface area contributed by atoms with E-state index in [9.17, 15) is 4.79 Å². The van der Waals surface area contributed by atoms with Crippen molar-refractivity contribution >= 4 is 17.6 Å². The van der Waals surface area contributed by atoms with Crippen molar-refractivity contribution in [2.24, 2.45) is 0 Å². The van der Waals surface area contributed by atoms with E-state index in [4.69, 9.17) is 16.3 Å². The highest BCUT2D eigenvalue weighted by molar-refractivity contribution is 6.17. The summed E-state index contributed by atoms with van der Waals surface area (Å²) in [4.78, 5) is 10.3. The van der Waals surface area contributed by atoms with Gasteiger partial charge < -0.3 is 4.74 Å². The van der Waals surface area contributed by atoms with Crippen LogP contribution in [0, 0.1) is 0 Å². The molecule has 3 heteroatoms. The Labute approximate surface area is 72.2 Å². The number of halogens is 1. The normalized spacial score (nSPS) is 11.4. The number of carbonyl (C=O) groups is 1. The molecule has 0 N–H and O–H groups in total. The van der Waals surface area contributed by atoms with Crippen molar-refractivity contribution in [3.8, 4) is 0 Å². The first kappa shape index (κ1) is 10.5. The summed E-state index contributed by atoms with van der Waals surface area (Å²) in [6, 6.07) is 0. The molecule has 0 aromatic heterocycles. The largest absolute Gasteiger partial charge is 0.462 e. The fourth-order valence-corrected chi connectivity index (χ4v) is 0.850. The average Bonchev–Trinajstić information content (AvgIpc) is 1.87. The van der Waals surface area contributed by atoms with E-state index in [2.05, 4.69) is 0 Å². The van der Waals surface area contributed by atoms with E-state index in [0.717, 1.165) is 12.0 Å². The van der Waals surface area contributed by atoms with Gasteiger partial charge in [-0.05, 0) is 19.4 Å². The van der Waals surface area contributed by atoms with Crippen LogP contribution >= 0.6 is 11.6 Å². The minimum atomic E-state index is -0.250. The summed E-state index contributed by atoms with van der Waals surface area (Å²) in [7, 11) is 0. The van der Waals surface area contributed by atoms with Crippen LogP contribution in [0.1, 0.15) is 20.3 Å². The van der Waals surface area contributed by atoms with Crippen LogP contribution in [-0.4, -0.2) is 18.5 Å². The Hall–Kier alpha value is -0.500. The predicted octanol–water partition coefficient (Wildman–Crippen LogP) is 2.12. The maximum absolute atomic E-state index is 10.3. The number of rotatable bonds is 4. The Bertz CT molecular complexity index is 152. The minimum absolute atomic E-state index is 0.250. The molecule has 0 rings (SSSR count). The van der Waals surface area contributed by atoms with E-state index in [1.54, 1.807) is 0 Å². The number of hydrogen-bond acceptors (Lipinski definition) is 2. The lowest BCUT2D eigenvalue weighted by atomic mass is 10.2. The summed E-state index contributed by atoms with van der Waals surface area (Å²) in [6.07, 6.45) is 2.71. The topological polar surface area (TPSA) is 26.3 Å². The van der Waals surface area contributed by atoms with Crippen LogP contribution in [0.3, 0.4) is 0 Å². The van der Waals surface area contributed by atoms with Gasteiger partial charge in [0.15, 0.2) is 0 Å². The summed E-state index contributed by atoms with van der Waals surface area (Å²) in [5, 5.41) is 0. The van der Waals surface area contributed by atoms with Gasteiger partial charge in [-0.15, -0.1) is 11.6 Å². The highest BCUT2D eigenvalue weighted by atomic mass is 35.5. The van der Waals surface area contributed by atoms with E-state index in [1.165, 1.54) is 6.92 Å². The summed E-state index contributed by atoms with van der Waals surface area (Å²) < 4.78 is 4.70. The standard InChI is InChI=1S/C8H13ClO2/c1-7(3-5-9)4-6-11-8(2)10/h4H,3,5-6H2,1-2H3/b7-4+. The van der Waals surface area contributed by atoms with Crippen molar-refractivity contribution in [1.29, 1.82) is 0 Å². The summed E-state index contributed by atoms with van der Waals surface area (Å²) in [6.45, 7) is 3.72. The van der Waals surface area contributed by atoms with Gasteiger partial charge in [0, 0.05) is 12.8 Å². The number of esters is 1. The lowest BCUT2D eigenvalue weighted by molar-refractivity contribution is -0.139. The first-order valence-corrected chi connectivity index (χ1v) is 4.05. The molecule has 0 saturated heterocycles. The van der Waals surface area contributed by atoms with Gasteiger partial charge in [-0.25, -0.2) is 0 Å². The molecule has 0 aliphatic carbocycles. The molecule has 11 heavy (non-hydrogen) atoms. The van der Waals surface area contributed by atoms with Crippen molar-refractivity contribution in [1.82, 2.24) is 0 Å². The molecule has 0 radical (unpaired) electrons. The Morgan fingerprint density at radius 1 is 1.55 bits per heavy atom. The average molecular weight is 177 g/mol. The molecule has 0 atom stereocenters. The van der Waals surface area contributed by atoms with Crippen LogP contribution in [0.2, 0.25) is 0 Å². The van der Waals surface area contributed by atoms with Gasteiger partial charge in [-0.2, -0.15) is 0 Å². The minimum Gasteiger partial charge on any atom is -0.462 e. The number of hydrogen-bond donors (Lipinski definition) is 0. The van der Waals surface area contributed by atoms with Crippen molar-refractivity contribution in [2.75, 3.05) is 12.5 Å². The maximum Gasteiger partial charge on any atom is 0.302 e. The third-order valence-corrected chi connectivity index (χ3v) is 1.40. The molecule has 64 valence electrons. The zero-order chi connectivity index (χ0) is 8.69. The zero-order valence-electron chi connectivity index (χ0n) is 6.89. The van der Waals surface area contributed by atoms with E-state index in [1.807, 2.05) is 13.0 Å². The van der Waals surface area contributed by atoms with Crippen molar-refractivity contribution in [3.63, 3.8) is 0 Å². The van der Waals surface area contributed by atoms with Crippen LogP contribution in [0.4, 0.5) is 0 Å². The Balaban J connectivity index is 3.47. The Kier molecular flexibility index (Phi) is 5.94. The van der Waals surface area contributed by atoms with Gasteiger partial charge in [0.1, 0.15) is 6.61 Å². The summed E-state index contributed by atoms with van der Waals surface area (Å²) in [5.74, 6) is 0.363. The van der Waals surface area contributed by atoms with Gasteiger partial charge in [0.05, 0.1) is 0 Å². The van der Waals surface area contributed by atoms with E-state index < -0.39 is 0 Å². The van der Waals surface area contributed by atoms with Crippen molar-refractivity contribution < 1.29 is 9.53 Å². The Morgan fingerprint density at radius 3 is 2.64 bits per heavy atom. The highest BCUT2D eigenvalue weighted by Gasteiger charge is 1.90. The van der Waals surface area contributed by atoms with Crippen LogP contribution in [0.5, 0.6) is 0 Å². The quantitative estimate of drug-likeness (QED) is 0.373. The molecule has 0 aromatic rings. The van der Waals surface area contributed by atoms with Gasteiger partial charge in [0.25, 0.3) is 0 Å². The monoisotopic (exact) mass is 176 g/mol. The second kappa shape index (κ2) is 6.23. The summed E-state index contributed by atoms with van der Waals surface area (Å²) >= 11 is 5.49. The van der Waals surface area contributed by atoms with Gasteiger partial charge in [0.2, 0.25) is 0 Å². The number of alkyl halides is 1.